The van der Waals surface area contributed by atoms with Crippen LogP contribution in [0, 0.1) is 0 Å². The maximum atomic E-state index is 5.99. The highest BCUT2D eigenvalue weighted by molar-refractivity contribution is 6.31. The average molecular weight is 313 g/mol. The largest absolute Gasteiger partial charge is 0.342 e. The lowest BCUT2D eigenvalue weighted by Crippen LogP contribution is -1.90. The molecular formula is C19H21ClN2. The molecule has 1 N–H and O–H groups in total. The molecule has 3 aromatic rings. The van der Waals surface area contributed by atoms with Gasteiger partial charge in [-0.15, -0.1) is 0 Å². The van der Waals surface area contributed by atoms with Crippen LogP contribution in [0.15, 0.2) is 48.5 Å². The minimum atomic E-state index is 0.753. The number of aromatic amines is 1. The zero-order valence-electron chi connectivity index (χ0n) is 12.7. The average Bonchev–Trinajstić information content (AvgIpc) is 2.93. The molecule has 3 heteroatoms. The van der Waals surface area contributed by atoms with Crippen molar-refractivity contribution in [1.29, 1.82) is 0 Å². The van der Waals surface area contributed by atoms with E-state index < -0.39 is 0 Å². The van der Waals surface area contributed by atoms with E-state index in [-0.39, 0.29) is 0 Å². The fourth-order valence-electron chi connectivity index (χ4n) is 2.77. The van der Waals surface area contributed by atoms with Gasteiger partial charge in [-0.3, -0.25) is 0 Å². The smallest absolute Gasteiger partial charge is 0.107 e. The molecular weight excluding hydrogens is 292 g/mol. The van der Waals surface area contributed by atoms with Gasteiger partial charge >= 0.3 is 0 Å². The zero-order valence-corrected chi connectivity index (χ0v) is 13.4. The molecule has 3 rings (SSSR count). The number of fused-ring (bicyclic) bond motifs is 1. The van der Waals surface area contributed by atoms with Crippen molar-refractivity contribution >= 4 is 22.6 Å². The molecule has 0 saturated carbocycles. The first-order valence-electron chi connectivity index (χ1n) is 7.99. The van der Waals surface area contributed by atoms with Crippen LogP contribution in [-0.4, -0.2) is 9.97 Å². The van der Waals surface area contributed by atoms with E-state index in [1.165, 1.54) is 37.7 Å². The van der Waals surface area contributed by atoms with Crippen molar-refractivity contribution in [2.24, 2.45) is 0 Å². The van der Waals surface area contributed by atoms with Gasteiger partial charge < -0.3 is 4.98 Å². The van der Waals surface area contributed by atoms with Crippen LogP contribution in [0.25, 0.3) is 11.0 Å². The van der Waals surface area contributed by atoms with E-state index in [4.69, 9.17) is 11.6 Å². The van der Waals surface area contributed by atoms with Crippen LogP contribution in [0.5, 0.6) is 0 Å². The lowest BCUT2D eigenvalue weighted by Gasteiger charge is -2.01. The van der Waals surface area contributed by atoms with E-state index >= 15 is 0 Å². The summed E-state index contributed by atoms with van der Waals surface area (Å²) in [5.41, 5.74) is 3.48. The van der Waals surface area contributed by atoms with Gasteiger partial charge in [-0.05, 0) is 43.0 Å². The number of aryl methyl sites for hydroxylation is 2. The normalized spacial score (nSPS) is 11.1. The highest BCUT2D eigenvalue weighted by atomic mass is 35.5. The summed E-state index contributed by atoms with van der Waals surface area (Å²) in [5, 5.41) is 0.753. The summed E-state index contributed by atoms with van der Waals surface area (Å²) in [7, 11) is 0. The molecule has 0 saturated heterocycles. The Kier molecular flexibility index (Phi) is 5.12. The Morgan fingerprint density at radius 2 is 1.64 bits per heavy atom. The van der Waals surface area contributed by atoms with Crippen LogP contribution in [0.1, 0.15) is 37.1 Å². The number of nitrogens with one attached hydrogen (secondary N) is 1. The van der Waals surface area contributed by atoms with Gasteiger partial charge in [0.25, 0.3) is 0 Å². The van der Waals surface area contributed by atoms with Crippen molar-refractivity contribution in [3.63, 3.8) is 0 Å². The lowest BCUT2D eigenvalue weighted by atomic mass is 10.1. The predicted octanol–water partition coefficient (Wildman–Crippen LogP) is 5.56. The Morgan fingerprint density at radius 1 is 0.864 bits per heavy atom. The number of benzene rings is 2. The molecule has 22 heavy (non-hydrogen) atoms. The standard InChI is InChI=1S/C19H21ClN2/c20-16-12-13-17-18(14-16)22-19(21-17)11-7-2-1-4-8-15-9-5-3-6-10-15/h3,5-6,9-10,12-14H,1-2,4,7-8,11H2,(H,21,22). The van der Waals surface area contributed by atoms with Gasteiger partial charge in [-0.1, -0.05) is 54.8 Å². The molecule has 0 bridgehead atoms. The second-order valence-corrected chi connectivity index (χ2v) is 6.18. The molecule has 1 aromatic heterocycles. The molecule has 0 atom stereocenters. The summed E-state index contributed by atoms with van der Waals surface area (Å²) in [6.45, 7) is 0. The summed E-state index contributed by atoms with van der Waals surface area (Å²) in [6, 6.07) is 16.5. The van der Waals surface area contributed by atoms with Gasteiger partial charge in [0.1, 0.15) is 5.82 Å². The number of H-pyrrole nitrogens is 1. The second kappa shape index (κ2) is 7.46. The van der Waals surface area contributed by atoms with Crippen molar-refractivity contribution in [2.75, 3.05) is 0 Å². The van der Waals surface area contributed by atoms with Gasteiger partial charge in [0, 0.05) is 11.4 Å². The SMILES string of the molecule is Clc1ccc2nc(CCCCCCc3ccccc3)[nH]c2c1. The molecule has 0 radical (unpaired) electrons. The summed E-state index contributed by atoms with van der Waals surface area (Å²) >= 11 is 5.99. The molecule has 2 nitrogen and oxygen atoms in total. The maximum absolute atomic E-state index is 5.99. The Balaban J connectivity index is 1.39. The summed E-state index contributed by atoms with van der Waals surface area (Å²) in [5.74, 6) is 1.07. The molecule has 1 heterocycles. The lowest BCUT2D eigenvalue weighted by molar-refractivity contribution is 0.632. The monoisotopic (exact) mass is 312 g/mol. The first-order valence-corrected chi connectivity index (χ1v) is 8.37. The molecule has 0 aliphatic rings. The van der Waals surface area contributed by atoms with Crippen molar-refractivity contribution in [2.45, 2.75) is 38.5 Å². The second-order valence-electron chi connectivity index (χ2n) is 5.74. The Bertz CT molecular complexity index is 719. The van der Waals surface area contributed by atoms with E-state index in [0.29, 0.717) is 0 Å². The zero-order chi connectivity index (χ0) is 15.2. The number of halogens is 1. The van der Waals surface area contributed by atoms with Crippen LogP contribution >= 0.6 is 11.6 Å². The van der Waals surface area contributed by atoms with Crippen molar-refractivity contribution in [3.8, 4) is 0 Å². The maximum Gasteiger partial charge on any atom is 0.107 e. The van der Waals surface area contributed by atoms with E-state index in [0.717, 1.165) is 28.3 Å². The van der Waals surface area contributed by atoms with Gasteiger partial charge in [0.15, 0.2) is 0 Å². The topological polar surface area (TPSA) is 28.7 Å². The number of hydrogen-bond donors (Lipinski definition) is 1. The fourth-order valence-corrected chi connectivity index (χ4v) is 2.94. The molecule has 0 amide bonds. The number of rotatable bonds is 7. The van der Waals surface area contributed by atoms with Crippen LogP contribution in [0.2, 0.25) is 5.02 Å². The van der Waals surface area contributed by atoms with E-state index in [2.05, 4.69) is 40.3 Å². The third kappa shape index (κ3) is 4.11. The molecule has 0 aliphatic carbocycles. The predicted molar refractivity (Wildman–Crippen MR) is 93.4 cm³/mol. The number of imidazole rings is 1. The van der Waals surface area contributed by atoms with Crippen molar-refractivity contribution in [1.82, 2.24) is 9.97 Å². The molecule has 0 spiro atoms. The molecule has 2 aromatic carbocycles. The molecule has 0 unspecified atom stereocenters. The van der Waals surface area contributed by atoms with Crippen molar-refractivity contribution < 1.29 is 0 Å². The van der Waals surface area contributed by atoms with Gasteiger partial charge in [-0.25, -0.2) is 4.98 Å². The number of nitrogens with zero attached hydrogens (tertiary/aromatic N) is 1. The summed E-state index contributed by atoms with van der Waals surface area (Å²) < 4.78 is 0. The van der Waals surface area contributed by atoms with E-state index in [1.807, 2.05) is 18.2 Å². The molecule has 0 fully saturated rings. The Morgan fingerprint density at radius 3 is 2.45 bits per heavy atom. The van der Waals surface area contributed by atoms with E-state index in [1.54, 1.807) is 0 Å². The molecule has 114 valence electrons. The van der Waals surface area contributed by atoms with Crippen molar-refractivity contribution in [3.05, 3.63) is 64.9 Å². The molecule has 0 aliphatic heterocycles. The summed E-state index contributed by atoms with van der Waals surface area (Å²) in [4.78, 5) is 7.96. The highest BCUT2D eigenvalue weighted by Crippen LogP contribution is 2.18. The highest BCUT2D eigenvalue weighted by Gasteiger charge is 2.03. The number of hydrogen-bond acceptors (Lipinski definition) is 1. The van der Waals surface area contributed by atoms with Gasteiger partial charge in [0.05, 0.1) is 11.0 Å². The quantitative estimate of drug-likeness (QED) is 0.568. The van der Waals surface area contributed by atoms with Crippen LogP contribution in [-0.2, 0) is 12.8 Å². The minimum Gasteiger partial charge on any atom is -0.342 e. The van der Waals surface area contributed by atoms with Crippen LogP contribution in [0.3, 0.4) is 0 Å². The summed E-state index contributed by atoms with van der Waals surface area (Å²) in [6.07, 6.45) is 7.18. The third-order valence-corrected chi connectivity index (χ3v) is 4.20. The number of aromatic nitrogens is 2. The fraction of sp³-hybridized carbons (Fsp3) is 0.316. The Labute approximate surface area is 136 Å². The van der Waals surface area contributed by atoms with Gasteiger partial charge in [0.2, 0.25) is 0 Å². The van der Waals surface area contributed by atoms with E-state index in [9.17, 15) is 0 Å². The minimum absolute atomic E-state index is 0.753. The van der Waals surface area contributed by atoms with Crippen LogP contribution in [0.4, 0.5) is 0 Å². The number of unbranched alkanes of at least 4 members (excludes halogenated alkanes) is 3. The first-order chi connectivity index (χ1) is 10.8. The van der Waals surface area contributed by atoms with Crippen LogP contribution < -0.4 is 0 Å². The first kappa shape index (κ1) is 15.1. The third-order valence-electron chi connectivity index (χ3n) is 3.96. The Hall–Kier alpha value is -1.80. The van der Waals surface area contributed by atoms with Gasteiger partial charge in [-0.2, -0.15) is 0 Å².